The summed E-state index contributed by atoms with van der Waals surface area (Å²) in [5.41, 5.74) is 1.76. The van der Waals surface area contributed by atoms with Crippen LogP contribution < -0.4 is 10.9 Å². The Balaban J connectivity index is 1.55. The molecule has 6 nitrogen and oxygen atoms in total. The lowest BCUT2D eigenvalue weighted by molar-refractivity contribution is -0.122. The molecule has 1 aromatic carbocycles. The number of carbonyl (C=O) groups is 1. The fourth-order valence-electron chi connectivity index (χ4n) is 3.41. The minimum Gasteiger partial charge on any atom is -0.353 e. The number of nitrogens with one attached hydrogen (secondary N) is 1. The molecular weight excluding hydrogens is 328 g/mol. The van der Waals surface area contributed by atoms with Crippen LogP contribution in [0.2, 0.25) is 0 Å². The lowest BCUT2D eigenvalue weighted by Gasteiger charge is -2.35. The molecule has 1 aromatic heterocycles. The lowest BCUT2D eigenvalue weighted by Crippen LogP contribution is -2.47. The fraction of sp³-hybridized carbons (Fsp3) is 0.450. The third-order valence-electron chi connectivity index (χ3n) is 4.81. The second-order valence-electron chi connectivity index (χ2n) is 6.88. The van der Waals surface area contributed by atoms with E-state index in [-0.39, 0.29) is 18.0 Å². The van der Waals surface area contributed by atoms with E-state index < -0.39 is 0 Å². The predicted molar refractivity (Wildman–Crippen MR) is 101 cm³/mol. The Kier molecular flexibility index (Phi) is 6.17. The minimum atomic E-state index is -0.255. The summed E-state index contributed by atoms with van der Waals surface area (Å²) >= 11 is 0. The third kappa shape index (κ3) is 5.02. The summed E-state index contributed by atoms with van der Waals surface area (Å²) in [4.78, 5) is 26.5. The van der Waals surface area contributed by atoms with Crippen LogP contribution in [0.15, 0.2) is 47.3 Å². The first kappa shape index (κ1) is 18.3. The van der Waals surface area contributed by atoms with Crippen molar-refractivity contribution < 1.29 is 4.79 Å². The Morgan fingerprint density at radius 1 is 1.19 bits per heavy atom. The van der Waals surface area contributed by atoms with Crippen LogP contribution in [0.3, 0.4) is 0 Å². The average molecular weight is 354 g/mol. The van der Waals surface area contributed by atoms with E-state index >= 15 is 0 Å². The van der Waals surface area contributed by atoms with Gasteiger partial charge in [0.05, 0.1) is 5.69 Å². The Hall–Kier alpha value is -2.47. The Morgan fingerprint density at radius 3 is 2.81 bits per heavy atom. The number of nitrogens with zero attached hydrogens (tertiary/aromatic N) is 3. The quantitative estimate of drug-likeness (QED) is 0.858. The molecule has 1 atom stereocenters. The molecule has 3 rings (SSSR count). The highest BCUT2D eigenvalue weighted by molar-refractivity contribution is 5.75. The molecule has 2 heterocycles. The van der Waals surface area contributed by atoms with E-state index in [0.717, 1.165) is 25.2 Å². The van der Waals surface area contributed by atoms with Gasteiger partial charge in [0, 0.05) is 25.2 Å². The van der Waals surface area contributed by atoms with Gasteiger partial charge in [-0.3, -0.25) is 14.5 Å². The first-order valence-corrected chi connectivity index (χ1v) is 9.21. The smallest absolute Gasteiger partial charge is 0.267 e. The van der Waals surface area contributed by atoms with Crippen LogP contribution in [0.4, 0.5) is 0 Å². The highest BCUT2D eigenvalue weighted by Crippen LogP contribution is 2.19. The maximum Gasteiger partial charge on any atom is 0.267 e. The molecule has 0 radical (unpaired) electrons. The van der Waals surface area contributed by atoms with Crippen LogP contribution in [-0.4, -0.2) is 39.7 Å². The van der Waals surface area contributed by atoms with Gasteiger partial charge in [-0.05, 0) is 37.9 Å². The maximum absolute atomic E-state index is 12.3. The molecule has 1 aliphatic rings. The van der Waals surface area contributed by atoms with Crippen molar-refractivity contribution in [2.24, 2.45) is 0 Å². The average Bonchev–Trinajstić information content (AvgIpc) is 2.65. The van der Waals surface area contributed by atoms with Crippen molar-refractivity contribution in [2.75, 3.05) is 13.1 Å². The number of hydrogen-bond acceptors (Lipinski definition) is 4. The molecule has 1 fully saturated rings. The van der Waals surface area contributed by atoms with E-state index in [2.05, 4.69) is 39.6 Å². The van der Waals surface area contributed by atoms with Crippen LogP contribution in [0.5, 0.6) is 0 Å². The zero-order chi connectivity index (χ0) is 18.4. The van der Waals surface area contributed by atoms with Crippen molar-refractivity contribution >= 4 is 5.91 Å². The van der Waals surface area contributed by atoms with E-state index in [4.69, 9.17) is 0 Å². The number of aryl methyl sites for hydroxylation is 1. The SMILES string of the molecule is Cc1ccc(=O)n(CC(=O)NCC2CCCCN2Cc2ccccc2)n1. The van der Waals surface area contributed by atoms with E-state index in [1.54, 1.807) is 13.0 Å². The standard InChI is InChI=1S/C20H26N4O2/c1-16-10-11-20(26)24(22-16)15-19(25)21-13-18-9-5-6-12-23(18)14-17-7-3-2-4-8-17/h2-4,7-8,10-11,18H,5-6,9,12-15H2,1H3,(H,21,25). The van der Waals surface area contributed by atoms with Crippen LogP contribution in [0.1, 0.15) is 30.5 Å². The van der Waals surface area contributed by atoms with Crippen molar-refractivity contribution in [2.45, 2.75) is 45.3 Å². The minimum absolute atomic E-state index is 0.0358. The molecule has 1 unspecified atom stereocenters. The van der Waals surface area contributed by atoms with Crippen LogP contribution >= 0.6 is 0 Å². The van der Waals surface area contributed by atoms with Crippen molar-refractivity contribution in [1.29, 1.82) is 0 Å². The van der Waals surface area contributed by atoms with E-state index in [1.807, 2.05) is 6.07 Å². The van der Waals surface area contributed by atoms with E-state index in [0.29, 0.717) is 12.6 Å². The number of piperidine rings is 1. The molecule has 0 aliphatic carbocycles. The van der Waals surface area contributed by atoms with Crippen molar-refractivity contribution in [3.05, 3.63) is 64.1 Å². The number of hydrogen-bond donors (Lipinski definition) is 1. The Bertz CT molecular complexity index is 788. The van der Waals surface area contributed by atoms with E-state index in [9.17, 15) is 9.59 Å². The van der Waals surface area contributed by atoms with Gasteiger partial charge < -0.3 is 5.32 Å². The van der Waals surface area contributed by atoms with Gasteiger partial charge in [-0.15, -0.1) is 0 Å². The third-order valence-corrected chi connectivity index (χ3v) is 4.81. The molecular formula is C20H26N4O2. The normalized spacial score (nSPS) is 17.8. The predicted octanol–water partition coefficient (Wildman–Crippen LogP) is 1.72. The molecule has 2 aromatic rings. The topological polar surface area (TPSA) is 67.2 Å². The second kappa shape index (κ2) is 8.76. The number of rotatable bonds is 6. The molecule has 1 amide bonds. The zero-order valence-corrected chi connectivity index (χ0v) is 15.2. The first-order chi connectivity index (χ1) is 12.6. The van der Waals surface area contributed by atoms with Gasteiger partial charge in [0.1, 0.15) is 6.54 Å². The Morgan fingerprint density at radius 2 is 2.00 bits per heavy atom. The van der Waals surface area contributed by atoms with Gasteiger partial charge in [0.15, 0.2) is 0 Å². The summed E-state index contributed by atoms with van der Waals surface area (Å²) in [6, 6.07) is 13.8. The largest absolute Gasteiger partial charge is 0.353 e. The maximum atomic E-state index is 12.3. The summed E-state index contributed by atoms with van der Waals surface area (Å²) < 4.78 is 1.22. The lowest BCUT2D eigenvalue weighted by atomic mass is 10.0. The van der Waals surface area contributed by atoms with Crippen molar-refractivity contribution in [3.63, 3.8) is 0 Å². The molecule has 138 valence electrons. The first-order valence-electron chi connectivity index (χ1n) is 9.21. The van der Waals surface area contributed by atoms with Gasteiger partial charge in [-0.1, -0.05) is 36.8 Å². The molecule has 26 heavy (non-hydrogen) atoms. The summed E-state index contributed by atoms with van der Waals surface area (Å²) in [7, 11) is 0. The van der Waals surface area contributed by atoms with Crippen molar-refractivity contribution in [3.8, 4) is 0 Å². The van der Waals surface area contributed by atoms with Gasteiger partial charge in [0.25, 0.3) is 5.56 Å². The molecule has 1 aliphatic heterocycles. The summed E-state index contributed by atoms with van der Waals surface area (Å²) in [6.45, 7) is 4.32. The second-order valence-corrected chi connectivity index (χ2v) is 6.88. The van der Waals surface area contributed by atoms with Gasteiger partial charge in [-0.25, -0.2) is 4.68 Å². The van der Waals surface area contributed by atoms with E-state index in [1.165, 1.54) is 29.2 Å². The summed E-state index contributed by atoms with van der Waals surface area (Å²) in [6.07, 6.45) is 3.46. The van der Waals surface area contributed by atoms with Crippen LogP contribution in [-0.2, 0) is 17.9 Å². The van der Waals surface area contributed by atoms with Crippen LogP contribution in [0.25, 0.3) is 0 Å². The van der Waals surface area contributed by atoms with Gasteiger partial charge >= 0.3 is 0 Å². The molecule has 1 N–H and O–H groups in total. The highest BCUT2D eigenvalue weighted by atomic mass is 16.2. The van der Waals surface area contributed by atoms with Crippen LogP contribution in [0, 0.1) is 6.92 Å². The number of benzene rings is 1. The van der Waals surface area contributed by atoms with Crippen molar-refractivity contribution in [1.82, 2.24) is 20.0 Å². The number of likely N-dealkylation sites (tertiary alicyclic amines) is 1. The molecule has 0 saturated carbocycles. The number of carbonyl (C=O) groups excluding carboxylic acids is 1. The molecule has 1 saturated heterocycles. The summed E-state index contributed by atoms with van der Waals surface area (Å²) in [5, 5.41) is 7.09. The highest BCUT2D eigenvalue weighted by Gasteiger charge is 2.23. The van der Waals surface area contributed by atoms with Gasteiger partial charge in [0.2, 0.25) is 5.91 Å². The zero-order valence-electron chi connectivity index (χ0n) is 15.2. The molecule has 0 spiro atoms. The Labute approximate surface area is 153 Å². The molecule has 6 heteroatoms. The monoisotopic (exact) mass is 354 g/mol. The van der Waals surface area contributed by atoms with Gasteiger partial charge in [-0.2, -0.15) is 5.10 Å². The number of amides is 1. The number of aromatic nitrogens is 2. The molecule has 0 bridgehead atoms. The fourth-order valence-corrected chi connectivity index (χ4v) is 3.41. The summed E-state index contributed by atoms with van der Waals surface area (Å²) in [5.74, 6) is -0.171.